The van der Waals surface area contributed by atoms with Gasteiger partial charge in [-0.05, 0) is 19.4 Å². The van der Waals surface area contributed by atoms with E-state index in [0.717, 1.165) is 18.5 Å². The quantitative estimate of drug-likeness (QED) is 0.655. The average Bonchev–Trinajstić information content (AvgIpc) is 2.51. The fourth-order valence-electron chi connectivity index (χ4n) is 2.08. The van der Waals surface area contributed by atoms with E-state index < -0.39 is 0 Å². The number of aromatic nitrogens is 2. The second kappa shape index (κ2) is 3.35. The standard InChI is InChI=1S/C12H14N2O/c1-9-6-7-14-12(8-15-9)10-4-2-3-5-11(10)13-14/h2-5,9H,6-8H2,1H3. The predicted molar refractivity (Wildman–Crippen MR) is 58.6 cm³/mol. The molecule has 0 bridgehead atoms. The van der Waals surface area contributed by atoms with Crippen molar-refractivity contribution in [2.24, 2.45) is 0 Å². The highest BCUT2D eigenvalue weighted by molar-refractivity contribution is 5.81. The number of nitrogens with zero attached hydrogens (tertiary/aromatic N) is 2. The zero-order valence-corrected chi connectivity index (χ0v) is 8.81. The van der Waals surface area contributed by atoms with Crippen LogP contribution in [0.1, 0.15) is 19.0 Å². The van der Waals surface area contributed by atoms with Crippen LogP contribution in [0.5, 0.6) is 0 Å². The number of benzene rings is 1. The topological polar surface area (TPSA) is 27.1 Å². The highest BCUT2D eigenvalue weighted by atomic mass is 16.5. The van der Waals surface area contributed by atoms with E-state index in [4.69, 9.17) is 4.74 Å². The molecule has 2 aromatic rings. The molecule has 1 aliphatic rings. The maximum absolute atomic E-state index is 5.73. The fraction of sp³-hybridized carbons (Fsp3) is 0.417. The van der Waals surface area contributed by atoms with Crippen LogP contribution in [0.2, 0.25) is 0 Å². The number of fused-ring (bicyclic) bond motifs is 3. The molecule has 1 aromatic heterocycles. The second-order valence-corrected chi connectivity index (χ2v) is 4.10. The lowest BCUT2D eigenvalue weighted by atomic mass is 10.2. The summed E-state index contributed by atoms with van der Waals surface area (Å²) in [5.74, 6) is 0. The van der Waals surface area contributed by atoms with Crippen LogP contribution in [-0.2, 0) is 17.9 Å². The van der Waals surface area contributed by atoms with E-state index in [0.29, 0.717) is 12.7 Å². The maximum Gasteiger partial charge on any atom is 0.0927 e. The first-order valence-electron chi connectivity index (χ1n) is 5.40. The SMILES string of the molecule is CC1CCn2nc3ccccc3c2CO1. The van der Waals surface area contributed by atoms with Crippen LogP contribution in [0.4, 0.5) is 0 Å². The summed E-state index contributed by atoms with van der Waals surface area (Å²) in [6, 6.07) is 8.26. The van der Waals surface area contributed by atoms with Crippen molar-refractivity contribution in [1.29, 1.82) is 0 Å². The molecule has 1 atom stereocenters. The van der Waals surface area contributed by atoms with Gasteiger partial charge in [-0.25, -0.2) is 0 Å². The number of ether oxygens (including phenoxy) is 1. The first-order chi connectivity index (χ1) is 7.34. The van der Waals surface area contributed by atoms with Crippen LogP contribution in [0.25, 0.3) is 10.9 Å². The summed E-state index contributed by atoms with van der Waals surface area (Å²) in [4.78, 5) is 0. The molecule has 3 nitrogen and oxygen atoms in total. The van der Waals surface area contributed by atoms with Crippen LogP contribution in [0.3, 0.4) is 0 Å². The molecule has 1 aromatic carbocycles. The molecule has 1 aliphatic heterocycles. The van der Waals surface area contributed by atoms with Gasteiger partial charge in [0.25, 0.3) is 0 Å². The normalized spacial score (nSPS) is 21.3. The average molecular weight is 202 g/mol. The van der Waals surface area contributed by atoms with Crippen molar-refractivity contribution in [3.05, 3.63) is 30.0 Å². The van der Waals surface area contributed by atoms with Crippen LogP contribution >= 0.6 is 0 Å². The monoisotopic (exact) mass is 202 g/mol. The molecular formula is C12H14N2O. The van der Waals surface area contributed by atoms with Gasteiger partial charge in [-0.1, -0.05) is 18.2 Å². The van der Waals surface area contributed by atoms with E-state index >= 15 is 0 Å². The lowest BCUT2D eigenvalue weighted by Gasteiger charge is -2.06. The summed E-state index contributed by atoms with van der Waals surface area (Å²) < 4.78 is 7.83. The van der Waals surface area contributed by atoms with Gasteiger partial charge in [-0.3, -0.25) is 4.68 Å². The molecule has 0 amide bonds. The molecule has 15 heavy (non-hydrogen) atoms. The fourth-order valence-corrected chi connectivity index (χ4v) is 2.08. The Hall–Kier alpha value is -1.35. The van der Waals surface area contributed by atoms with Gasteiger partial charge in [-0.15, -0.1) is 0 Å². The lowest BCUT2D eigenvalue weighted by Crippen LogP contribution is -2.06. The van der Waals surface area contributed by atoms with Crippen molar-refractivity contribution in [2.75, 3.05) is 0 Å². The Labute approximate surface area is 88.7 Å². The summed E-state index contributed by atoms with van der Waals surface area (Å²) in [7, 11) is 0. The van der Waals surface area contributed by atoms with E-state index in [1.54, 1.807) is 0 Å². The summed E-state index contributed by atoms with van der Waals surface area (Å²) in [5.41, 5.74) is 2.29. The van der Waals surface area contributed by atoms with Crippen molar-refractivity contribution in [2.45, 2.75) is 32.6 Å². The van der Waals surface area contributed by atoms with Crippen molar-refractivity contribution in [3.63, 3.8) is 0 Å². The van der Waals surface area contributed by atoms with Gasteiger partial charge in [0.15, 0.2) is 0 Å². The first kappa shape index (κ1) is 8.92. The van der Waals surface area contributed by atoms with Gasteiger partial charge >= 0.3 is 0 Å². The van der Waals surface area contributed by atoms with Crippen molar-refractivity contribution < 1.29 is 4.74 Å². The van der Waals surface area contributed by atoms with Gasteiger partial charge in [-0.2, -0.15) is 5.10 Å². The van der Waals surface area contributed by atoms with Gasteiger partial charge in [0, 0.05) is 11.9 Å². The molecule has 0 radical (unpaired) electrons. The van der Waals surface area contributed by atoms with Crippen LogP contribution in [-0.4, -0.2) is 15.9 Å². The molecule has 1 unspecified atom stereocenters. The van der Waals surface area contributed by atoms with Crippen LogP contribution < -0.4 is 0 Å². The van der Waals surface area contributed by atoms with E-state index in [-0.39, 0.29) is 0 Å². The molecule has 3 rings (SSSR count). The lowest BCUT2D eigenvalue weighted by molar-refractivity contribution is 0.0542. The van der Waals surface area contributed by atoms with Crippen LogP contribution in [0, 0.1) is 0 Å². The Kier molecular flexibility index (Phi) is 1.99. The molecule has 0 N–H and O–H groups in total. The Morgan fingerprint density at radius 1 is 1.40 bits per heavy atom. The highest BCUT2D eigenvalue weighted by Crippen LogP contribution is 2.22. The third-order valence-corrected chi connectivity index (χ3v) is 3.01. The van der Waals surface area contributed by atoms with Crippen molar-refractivity contribution >= 4 is 10.9 Å². The van der Waals surface area contributed by atoms with Gasteiger partial charge in [0.2, 0.25) is 0 Å². The Morgan fingerprint density at radius 2 is 2.27 bits per heavy atom. The second-order valence-electron chi connectivity index (χ2n) is 4.10. The smallest absolute Gasteiger partial charge is 0.0927 e. The molecule has 0 spiro atoms. The number of hydrogen-bond donors (Lipinski definition) is 0. The predicted octanol–water partition coefficient (Wildman–Crippen LogP) is 2.35. The summed E-state index contributed by atoms with van der Waals surface area (Å²) in [6.45, 7) is 3.77. The van der Waals surface area contributed by atoms with Crippen molar-refractivity contribution in [3.8, 4) is 0 Å². The minimum atomic E-state index is 0.338. The first-order valence-corrected chi connectivity index (χ1v) is 5.40. The molecule has 0 fully saturated rings. The van der Waals surface area contributed by atoms with E-state index in [1.807, 2.05) is 6.07 Å². The molecular weight excluding hydrogens is 188 g/mol. The van der Waals surface area contributed by atoms with E-state index in [9.17, 15) is 0 Å². The summed E-state index contributed by atoms with van der Waals surface area (Å²) in [6.07, 6.45) is 1.38. The Balaban J connectivity index is 2.15. The zero-order chi connectivity index (χ0) is 10.3. The minimum Gasteiger partial charge on any atom is -0.372 e. The Morgan fingerprint density at radius 3 is 3.20 bits per heavy atom. The van der Waals surface area contributed by atoms with E-state index in [1.165, 1.54) is 11.1 Å². The van der Waals surface area contributed by atoms with Crippen molar-refractivity contribution in [1.82, 2.24) is 9.78 Å². The zero-order valence-electron chi connectivity index (χ0n) is 8.81. The molecule has 78 valence electrons. The molecule has 0 aliphatic carbocycles. The summed E-state index contributed by atoms with van der Waals surface area (Å²) in [5, 5.41) is 5.81. The van der Waals surface area contributed by atoms with E-state index in [2.05, 4.69) is 34.9 Å². The molecule has 0 saturated heterocycles. The van der Waals surface area contributed by atoms with Crippen LogP contribution in [0.15, 0.2) is 24.3 Å². The number of hydrogen-bond acceptors (Lipinski definition) is 2. The van der Waals surface area contributed by atoms with Gasteiger partial charge in [0.1, 0.15) is 0 Å². The highest BCUT2D eigenvalue weighted by Gasteiger charge is 2.16. The molecule has 3 heteroatoms. The third kappa shape index (κ3) is 1.43. The summed E-state index contributed by atoms with van der Waals surface area (Å²) >= 11 is 0. The third-order valence-electron chi connectivity index (χ3n) is 3.01. The van der Waals surface area contributed by atoms with Gasteiger partial charge < -0.3 is 4.74 Å². The minimum absolute atomic E-state index is 0.338. The largest absolute Gasteiger partial charge is 0.372 e. The number of aryl methyl sites for hydroxylation is 1. The van der Waals surface area contributed by atoms with Gasteiger partial charge in [0.05, 0.1) is 23.9 Å². The molecule has 2 heterocycles. The Bertz CT molecular complexity index is 489. The maximum atomic E-state index is 5.73. The molecule has 0 saturated carbocycles. The number of rotatable bonds is 0.